The van der Waals surface area contributed by atoms with Gasteiger partial charge in [0.05, 0.1) is 15.4 Å². The Hall–Kier alpha value is -3.61. The molecule has 0 N–H and O–H groups in total. The summed E-state index contributed by atoms with van der Waals surface area (Å²) >= 11 is 5.60. The molecule has 0 fully saturated rings. The van der Waals surface area contributed by atoms with E-state index >= 15 is 0 Å². The van der Waals surface area contributed by atoms with E-state index in [1.807, 2.05) is 0 Å². The zero-order valence-electron chi connectivity index (χ0n) is 13.5. The summed E-state index contributed by atoms with van der Waals surface area (Å²) in [4.78, 5) is 46.0. The lowest BCUT2D eigenvalue weighted by molar-refractivity contribution is -0.394. The summed E-state index contributed by atoms with van der Waals surface area (Å²) in [5.41, 5.74) is -2.09. The van der Waals surface area contributed by atoms with Gasteiger partial charge in [-0.25, -0.2) is 14.3 Å². The van der Waals surface area contributed by atoms with Crippen LogP contribution in [0.25, 0.3) is 0 Å². The van der Waals surface area contributed by atoms with Crippen molar-refractivity contribution in [2.45, 2.75) is 13.5 Å². The zero-order valence-corrected chi connectivity index (χ0v) is 14.3. The molecule has 14 heteroatoms. The minimum Gasteiger partial charge on any atom is -0.458 e. The van der Waals surface area contributed by atoms with Crippen molar-refractivity contribution < 1.29 is 24.3 Å². The molecular weight excluding hydrogens is 390 g/mol. The van der Waals surface area contributed by atoms with Gasteiger partial charge in [-0.3, -0.25) is 20.2 Å². The number of aromatic nitrogens is 2. The minimum absolute atomic E-state index is 0.105. The number of carbonyl (C=O) groups is 1. The van der Waals surface area contributed by atoms with Gasteiger partial charge in [-0.1, -0.05) is 11.6 Å². The van der Waals surface area contributed by atoms with Crippen molar-refractivity contribution in [2.24, 2.45) is 0 Å². The van der Waals surface area contributed by atoms with Crippen LogP contribution in [-0.2, 0) is 11.3 Å². The molecule has 0 spiro atoms. The van der Waals surface area contributed by atoms with Crippen molar-refractivity contribution in [3.8, 4) is 0 Å². The lowest BCUT2D eigenvalue weighted by atomic mass is 10.1. The molecule has 0 bridgehead atoms. The van der Waals surface area contributed by atoms with Gasteiger partial charge < -0.3 is 14.9 Å². The van der Waals surface area contributed by atoms with Gasteiger partial charge in [0.2, 0.25) is 0 Å². The lowest BCUT2D eigenvalue weighted by Gasteiger charge is -2.06. The SMILES string of the molecule is Cc1ncc([N+](=O)[O-])n1CCOC(=O)c1cc([N+](=O)[O-])c(Cl)c([N+](=O)[O-])c1. The normalized spacial score (nSPS) is 10.4. The van der Waals surface area contributed by atoms with Crippen molar-refractivity contribution in [3.63, 3.8) is 0 Å². The third kappa shape index (κ3) is 4.14. The van der Waals surface area contributed by atoms with Gasteiger partial charge >= 0.3 is 11.8 Å². The smallest absolute Gasteiger partial charge is 0.342 e. The first kappa shape index (κ1) is 19.7. The van der Waals surface area contributed by atoms with Crippen LogP contribution in [0.3, 0.4) is 0 Å². The number of nitro benzene ring substituents is 2. The highest BCUT2D eigenvalue weighted by atomic mass is 35.5. The third-order valence-electron chi connectivity index (χ3n) is 3.43. The molecule has 0 aliphatic rings. The summed E-state index contributed by atoms with van der Waals surface area (Å²) in [5.74, 6) is -1.07. The van der Waals surface area contributed by atoms with E-state index in [9.17, 15) is 35.1 Å². The number of nitro groups is 3. The van der Waals surface area contributed by atoms with Crippen LogP contribution in [0.1, 0.15) is 16.2 Å². The quantitative estimate of drug-likeness (QED) is 0.384. The molecule has 27 heavy (non-hydrogen) atoms. The largest absolute Gasteiger partial charge is 0.458 e. The summed E-state index contributed by atoms with van der Waals surface area (Å²) in [6.07, 6.45) is 1.04. The van der Waals surface area contributed by atoms with Gasteiger partial charge in [0, 0.05) is 19.1 Å². The summed E-state index contributed by atoms with van der Waals surface area (Å²) in [6.45, 7) is 1.08. The first-order valence-corrected chi connectivity index (χ1v) is 7.47. The Morgan fingerprint density at radius 1 is 1.15 bits per heavy atom. The van der Waals surface area contributed by atoms with Crippen LogP contribution in [0.15, 0.2) is 18.3 Å². The molecule has 1 heterocycles. The molecule has 0 unspecified atom stereocenters. The molecule has 1 aromatic heterocycles. The Balaban J connectivity index is 2.19. The number of ether oxygens (including phenoxy) is 1. The maximum atomic E-state index is 12.1. The summed E-state index contributed by atoms with van der Waals surface area (Å²) in [6, 6.07) is 1.51. The molecule has 0 amide bonds. The standard InChI is InChI=1S/C13H10ClN5O8/c1-7-15-6-11(19(25)26)16(7)2-3-27-13(20)8-4-9(17(21)22)12(14)10(5-8)18(23)24/h4-6H,2-3H2,1H3. The van der Waals surface area contributed by atoms with Gasteiger partial charge in [-0.05, 0) is 4.92 Å². The topological polar surface area (TPSA) is 174 Å². The molecule has 2 rings (SSSR count). The second-order valence-electron chi connectivity index (χ2n) is 5.05. The molecule has 0 aliphatic heterocycles. The van der Waals surface area contributed by atoms with Crippen LogP contribution in [0, 0.1) is 37.3 Å². The number of hydrogen-bond donors (Lipinski definition) is 0. The Morgan fingerprint density at radius 3 is 2.19 bits per heavy atom. The average Bonchev–Trinajstić information content (AvgIpc) is 2.95. The predicted octanol–water partition coefficient (Wildman–Crippen LogP) is 2.43. The van der Waals surface area contributed by atoms with Crippen LogP contribution in [0.4, 0.5) is 17.2 Å². The fraction of sp³-hybridized carbons (Fsp3) is 0.231. The number of halogens is 1. The predicted molar refractivity (Wildman–Crippen MR) is 88.7 cm³/mol. The number of carbonyl (C=O) groups excluding carboxylic acids is 1. The van der Waals surface area contributed by atoms with Crippen LogP contribution in [0.2, 0.25) is 5.02 Å². The Bertz CT molecular complexity index is 921. The minimum atomic E-state index is -1.08. The number of benzene rings is 1. The molecule has 13 nitrogen and oxygen atoms in total. The molecule has 2 aromatic rings. The molecule has 142 valence electrons. The summed E-state index contributed by atoms with van der Waals surface area (Å²) in [5, 5.41) is 32.1. The van der Waals surface area contributed by atoms with E-state index in [4.69, 9.17) is 16.3 Å². The highest BCUT2D eigenvalue weighted by molar-refractivity contribution is 6.35. The van der Waals surface area contributed by atoms with E-state index in [1.165, 1.54) is 11.5 Å². The Morgan fingerprint density at radius 2 is 1.70 bits per heavy atom. The van der Waals surface area contributed by atoms with Crippen molar-refractivity contribution >= 4 is 34.8 Å². The Kier molecular flexibility index (Phi) is 5.65. The average molecular weight is 400 g/mol. The number of rotatable bonds is 7. The fourth-order valence-electron chi connectivity index (χ4n) is 2.17. The van der Waals surface area contributed by atoms with E-state index in [0.717, 1.165) is 18.3 Å². The van der Waals surface area contributed by atoms with Crippen LogP contribution >= 0.6 is 11.6 Å². The van der Waals surface area contributed by atoms with E-state index in [0.29, 0.717) is 5.82 Å². The van der Waals surface area contributed by atoms with Crippen LogP contribution in [-0.4, -0.2) is 36.9 Å². The molecular formula is C13H10ClN5O8. The number of imidazole rings is 1. The van der Waals surface area contributed by atoms with Crippen LogP contribution in [0.5, 0.6) is 0 Å². The van der Waals surface area contributed by atoms with Crippen LogP contribution < -0.4 is 0 Å². The van der Waals surface area contributed by atoms with Crippen molar-refractivity contribution in [1.29, 1.82) is 0 Å². The number of hydrogen-bond acceptors (Lipinski definition) is 9. The maximum absolute atomic E-state index is 12.1. The van der Waals surface area contributed by atoms with Gasteiger partial charge in [-0.2, -0.15) is 0 Å². The van der Waals surface area contributed by atoms with Crippen molar-refractivity contribution in [1.82, 2.24) is 9.55 Å². The van der Waals surface area contributed by atoms with E-state index < -0.39 is 42.7 Å². The highest BCUT2D eigenvalue weighted by Gasteiger charge is 2.28. The zero-order chi connectivity index (χ0) is 20.3. The second kappa shape index (κ2) is 7.74. The van der Waals surface area contributed by atoms with Crippen molar-refractivity contribution in [3.05, 3.63) is 65.1 Å². The second-order valence-corrected chi connectivity index (χ2v) is 5.43. The first-order chi connectivity index (χ1) is 12.6. The number of nitrogens with zero attached hydrogens (tertiary/aromatic N) is 5. The van der Waals surface area contributed by atoms with E-state index in [2.05, 4.69) is 4.98 Å². The van der Waals surface area contributed by atoms with Gasteiger partial charge in [-0.15, -0.1) is 0 Å². The fourth-order valence-corrected chi connectivity index (χ4v) is 2.42. The number of esters is 1. The summed E-state index contributed by atoms with van der Waals surface area (Å²) in [7, 11) is 0. The Labute approximate surface area is 154 Å². The molecule has 0 atom stereocenters. The first-order valence-electron chi connectivity index (χ1n) is 7.09. The monoisotopic (exact) mass is 399 g/mol. The molecule has 0 saturated carbocycles. The highest BCUT2D eigenvalue weighted by Crippen LogP contribution is 2.35. The lowest BCUT2D eigenvalue weighted by Crippen LogP contribution is -2.14. The van der Waals surface area contributed by atoms with Gasteiger partial charge in [0.15, 0.2) is 10.8 Å². The van der Waals surface area contributed by atoms with Crippen molar-refractivity contribution in [2.75, 3.05) is 6.61 Å². The maximum Gasteiger partial charge on any atom is 0.342 e. The number of aryl methyl sites for hydroxylation is 1. The summed E-state index contributed by atoms with van der Waals surface area (Å²) < 4.78 is 6.10. The van der Waals surface area contributed by atoms with Gasteiger partial charge in [0.1, 0.15) is 19.3 Å². The molecule has 1 aromatic carbocycles. The third-order valence-corrected chi connectivity index (χ3v) is 3.82. The van der Waals surface area contributed by atoms with E-state index in [-0.39, 0.29) is 19.0 Å². The van der Waals surface area contributed by atoms with E-state index in [1.54, 1.807) is 0 Å². The molecule has 0 radical (unpaired) electrons. The molecule has 0 aliphatic carbocycles. The molecule has 0 saturated heterocycles. The van der Waals surface area contributed by atoms with Gasteiger partial charge in [0.25, 0.3) is 11.4 Å².